The molecule has 0 bridgehead atoms. The van der Waals surface area contributed by atoms with Gasteiger partial charge in [0.2, 0.25) is 17.7 Å². The SMILES string of the molecule is CN=C/C(=C\N)c1cc2c(cc1C(F)F)N(C(N)C1=C(NC3CCN(Cc4ccc(COc5cccc6c5CN(C5CCC(=O)NC5=O)C6=O)cc4)CC3)CCN(C(C)=O)C1)CCC2. The van der Waals surface area contributed by atoms with Crippen molar-refractivity contribution in [2.45, 2.75) is 96.2 Å². The number of aliphatic imine (C=N–C) groups is 1. The smallest absolute Gasteiger partial charge is 0.264 e. The Morgan fingerprint density at radius 3 is 2.45 bits per heavy atom. The predicted molar refractivity (Wildman–Crippen MR) is 240 cm³/mol. The minimum atomic E-state index is -2.73. The maximum Gasteiger partial charge on any atom is 0.264 e. The number of rotatable bonds is 13. The molecule has 3 aromatic carbocycles. The highest BCUT2D eigenvalue weighted by Crippen LogP contribution is 2.39. The fourth-order valence-electron chi connectivity index (χ4n) is 9.75. The van der Waals surface area contributed by atoms with Gasteiger partial charge in [-0.15, -0.1) is 0 Å². The third-order valence-electron chi connectivity index (χ3n) is 13.2. The molecule has 6 N–H and O–H groups in total. The van der Waals surface area contributed by atoms with E-state index in [0.717, 1.165) is 66.9 Å². The molecule has 5 aliphatic rings. The number of aryl methyl sites for hydroxylation is 1. The molecule has 2 saturated heterocycles. The summed E-state index contributed by atoms with van der Waals surface area (Å²) in [4.78, 5) is 61.9. The van der Waals surface area contributed by atoms with Crippen molar-refractivity contribution in [3.63, 3.8) is 0 Å². The van der Waals surface area contributed by atoms with Gasteiger partial charge in [0.1, 0.15) is 24.6 Å². The highest BCUT2D eigenvalue weighted by atomic mass is 19.3. The van der Waals surface area contributed by atoms with E-state index in [9.17, 15) is 28.0 Å². The number of benzene rings is 3. The number of nitrogens with zero attached hydrogens (tertiary/aromatic N) is 5. The zero-order valence-electron chi connectivity index (χ0n) is 36.5. The molecule has 0 aliphatic carbocycles. The van der Waals surface area contributed by atoms with Crippen LogP contribution in [0.25, 0.3) is 5.57 Å². The summed E-state index contributed by atoms with van der Waals surface area (Å²) in [6, 6.07) is 16.6. The van der Waals surface area contributed by atoms with Gasteiger partial charge in [-0.05, 0) is 78.6 Å². The Kier molecular flexibility index (Phi) is 13.4. The molecular formula is C48H57F2N9O5. The molecule has 2 fully saturated rings. The van der Waals surface area contributed by atoms with Crippen LogP contribution in [0.5, 0.6) is 5.75 Å². The minimum absolute atomic E-state index is 0.0304. The van der Waals surface area contributed by atoms with E-state index in [0.29, 0.717) is 73.6 Å². The number of nitrogens with one attached hydrogen (secondary N) is 2. The van der Waals surface area contributed by atoms with E-state index in [1.807, 2.05) is 11.0 Å². The largest absolute Gasteiger partial charge is 0.489 e. The van der Waals surface area contributed by atoms with E-state index < -0.39 is 24.5 Å². The van der Waals surface area contributed by atoms with Gasteiger partial charge in [-0.1, -0.05) is 30.3 Å². The standard InChI is InChI=1S/C48H57F2N9O5/c1-29(60)57-20-16-40(39(26-57)46(52)58-17-4-5-32-21-36(33(23-51)24-53-2)37(45(49)50)22-42(32)58)54-34-14-18-56(19-15-34)25-30-8-10-31(11-9-30)28-64-43-7-3-6-35-38(43)27-59(48(35)63)41-12-13-44(61)55-47(41)62/h3,6-11,21-24,34,41,45-46,54H,4-5,12-20,25-28,51-52H2,1-2H3,(H,55,61,62)/b33-23+,53-24?. The predicted octanol–water partition coefficient (Wildman–Crippen LogP) is 4.76. The highest BCUT2D eigenvalue weighted by Gasteiger charge is 2.40. The van der Waals surface area contributed by atoms with E-state index in [1.54, 1.807) is 43.1 Å². The van der Waals surface area contributed by atoms with E-state index in [1.165, 1.54) is 22.9 Å². The number of alkyl halides is 2. The average Bonchev–Trinajstić information content (AvgIpc) is 3.63. The number of fused-ring (bicyclic) bond motifs is 2. The van der Waals surface area contributed by atoms with Crippen LogP contribution in [-0.2, 0) is 40.5 Å². The number of amides is 4. The summed E-state index contributed by atoms with van der Waals surface area (Å²) in [5, 5.41) is 6.18. The molecule has 3 aromatic rings. The lowest BCUT2D eigenvalue weighted by Crippen LogP contribution is -2.52. The lowest BCUT2D eigenvalue weighted by atomic mass is 9.91. The fraction of sp³-hybridized carbons (Fsp3) is 0.438. The first-order valence-electron chi connectivity index (χ1n) is 22.2. The molecule has 4 amide bonds. The highest BCUT2D eigenvalue weighted by molar-refractivity contribution is 6.10. The number of halogens is 2. The summed E-state index contributed by atoms with van der Waals surface area (Å²) in [7, 11) is 1.58. The zero-order valence-corrected chi connectivity index (χ0v) is 36.5. The van der Waals surface area contributed by atoms with Crippen LogP contribution in [0.2, 0.25) is 0 Å². The number of piperidine rings is 2. The number of imide groups is 1. The van der Waals surface area contributed by atoms with E-state index >= 15 is 0 Å². The minimum Gasteiger partial charge on any atom is -0.489 e. The summed E-state index contributed by atoms with van der Waals surface area (Å²) in [6.45, 7) is 6.26. The summed E-state index contributed by atoms with van der Waals surface area (Å²) in [5.41, 5.74) is 20.6. The molecule has 338 valence electrons. The van der Waals surface area contributed by atoms with Gasteiger partial charge in [-0.3, -0.25) is 34.4 Å². The lowest BCUT2D eigenvalue weighted by Gasteiger charge is -2.42. The fourth-order valence-corrected chi connectivity index (χ4v) is 9.75. The zero-order chi connectivity index (χ0) is 45.1. The van der Waals surface area contributed by atoms with Crippen LogP contribution in [0.1, 0.15) is 95.6 Å². The maximum absolute atomic E-state index is 14.6. The van der Waals surface area contributed by atoms with Gasteiger partial charge in [0.25, 0.3) is 12.3 Å². The Bertz CT molecular complexity index is 2380. The van der Waals surface area contributed by atoms with Gasteiger partial charge in [-0.25, -0.2) is 8.78 Å². The van der Waals surface area contributed by atoms with Crippen molar-refractivity contribution in [1.29, 1.82) is 0 Å². The molecule has 5 aliphatic heterocycles. The van der Waals surface area contributed by atoms with E-state index in [4.69, 9.17) is 16.2 Å². The Labute approximate surface area is 372 Å². The van der Waals surface area contributed by atoms with Crippen molar-refractivity contribution >= 4 is 41.1 Å². The molecule has 14 nitrogen and oxygen atoms in total. The number of nitrogens with two attached hydrogens (primary N) is 2. The third kappa shape index (κ3) is 9.39. The van der Waals surface area contributed by atoms with Gasteiger partial charge in [0, 0.05) is 124 Å². The van der Waals surface area contributed by atoms with Crippen molar-refractivity contribution in [2.24, 2.45) is 16.5 Å². The van der Waals surface area contributed by atoms with E-state index in [2.05, 4.69) is 44.8 Å². The maximum atomic E-state index is 14.6. The topological polar surface area (TPSA) is 179 Å². The normalized spacial score (nSPS) is 20.5. The molecule has 2 atom stereocenters. The van der Waals surface area contributed by atoms with Crippen LogP contribution in [-0.4, -0.2) is 103 Å². The number of hydrogen-bond acceptors (Lipinski definition) is 11. The Morgan fingerprint density at radius 2 is 1.75 bits per heavy atom. The van der Waals surface area contributed by atoms with Crippen LogP contribution in [0.4, 0.5) is 14.5 Å². The van der Waals surface area contributed by atoms with Gasteiger partial charge in [0.15, 0.2) is 0 Å². The summed E-state index contributed by atoms with van der Waals surface area (Å²) < 4.78 is 35.4. The quantitative estimate of drug-likeness (QED) is 0.138. The molecule has 0 aromatic heterocycles. The molecular weight excluding hydrogens is 821 g/mol. The number of ether oxygens (including phenoxy) is 1. The second kappa shape index (κ2) is 19.3. The molecule has 0 radical (unpaired) electrons. The van der Waals surface area contributed by atoms with Crippen LogP contribution in [0, 0.1) is 0 Å². The number of carbonyl (C=O) groups excluding carboxylic acids is 4. The molecule has 8 rings (SSSR count). The van der Waals surface area contributed by atoms with Crippen molar-refractivity contribution in [3.05, 3.63) is 111 Å². The van der Waals surface area contributed by atoms with Crippen molar-refractivity contribution in [2.75, 3.05) is 44.7 Å². The van der Waals surface area contributed by atoms with Crippen molar-refractivity contribution in [1.82, 2.24) is 25.3 Å². The first-order valence-corrected chi connectivity index (χ1v) is 22.2. The Morgan fingerprint density at radius 1 is 0.984 bits per heavy atom. The molecule has 0 saturated carbocycles. The first kappa shape index (κ1) is 44.5. The number of likely N-dealkylation sites (tertiary alicyclic amines) is 1. The number of carbonyl (C=O) groups is 4. The summed E-state index contributed by atoms with van der Waals surface area (Å²) in [6.07, 6.45) is 3.94. The Balaban J connectivity index is 0.884. The summed E-state index contributed by atoms with van der Waals surface area (Å²) in [5.74, 6) is -0.426. The third-order valence-corrected chi connectivity index (χ3v) is 13.2. The van der Waals surface area contributed by atoms with Crippen molar-refractivity contribution < 1.29 is 32.7 Å². The summed E-state index contributed by atoms with van der Waals surface area (Å²) >= 11 is 0. The molecule has 5 heterocycles. The lowest BCUT2D eigenvalue weighted by molar-refractivity contribution is -0.137. The van der Waals surface area contributed by atoms with Crippen LogP contribution in [0.15, 0.2) is 77.1 Å². The average molecular weight is 878 g/mol. The molecule has 64 heavy (non-hydrogen) atoms. The van der Waals surface area contributed by atoms with Gasteiger partial charge >= 0.3 is 0 Å². The monoisotopic (exact) mass is 877 g/mol. The second-order valence-electron chi connectivity index (χ2n) is 17.3. The first-order chi connectivity index (χ1) is 30.9. The number of allylic oxidation sites excluding steroid dienone is 1. The van der Waals surface area contributed by atoms with Crippen LogP contribution >= 0.6 is 0 Å². The number of anilines is 1. The molecule has 0 spiro atoms. The molecule has 16 heteroatoms. The van der Waals surface area contributed by atoms with Gasteiger partial charge in [0.05, 0.1) is 6.54 Å². The van der Waals surface area contributed by atoms with Gasteiger partial charge in [-0.2, -0.15) is 0 Å². The van der Waals surface area contributed by atoms with Gasteiger partial charge < -0.3 is 36.2 Å². The molecule has 2 unspecified atom stereocenters. The number of hydrogen-bond donors (Lipinski definition) is 4. The van der Waals surface area contributed by atoms with Crippen molar-refractivity contribution in [3.8, 4) is 5.75 Å². The van der Waals surface area contributed by atoms with Crippen LogP contribution < -0.4 is 31.7 Å². The van der Waals surface area contributed by atoms with E-state index in [-0.39, 0.29) is 42.3 Å². The Hall–Kier alpha value is -6.13. The van der Waals surface area contributed by atoms with Crippen LogP contribution in [0.3, 0.4) is 0 Å². The second-order valence-corrected chi connectivity index (χ2v) is 17.3.